The summed E-state index contributed by atoms with van der Waals surface area (Å²) in [7, 11) is 3.77. The molecule has 2 aliphatic heterocycles. The van der Waals surface area contributed by atoms with Gasteiger partial charge in [-0.3, -0.25) is 0 Å². The van der Waals surface area contributed by atoms with Crippen molar-refractivity contribution < 1.29 is 22.4 Å². The fourth-order valence-electron chi connectivity index (χ4n) is 7.78. The zero-order valence-electron chi connectivity index (χ0n) is 24.9. The Balaban J connectivity index is 1.67. The fourth-order valence-corrected chi connectivity index (χ4v) is 10.2. The van der Waals surface area contributed by atoms with Crippen LogP contribution in [0.4, 0.5) is 0 Å². The van der Waals surface area contributed by atoms with Gasteiger partial charge >= 0.3 is 0 Å². The molecule has 1 aromatic carbocycles. The first-order valence-electron chi connectivity index (χ1n) is 14.1. The maximum atomic E-state index is 7.36. The molecular formula is C29H43NO5Si4. The van der Waals surface area contributed by atoms with E-state index in [4.69, 9.17) is 22.4 Å². The molecule has 2 unspecified atom stereocenters. The van der Waals surface area contributed by atoms with Crippen molar-refractivity contribution in [3.05, 3.63) is 41.0 Å². The van der Waals surface area contributed by atoms with Crippen LogP contribution in [0.15, 0.2) is 24.3 Å². The van der Waals surface area contributed by atoms with Crippen LogP contribution in [-0.2, 0) is 35.0 Å². The predicted octanol–water partition coefficient (Wildman–Crippen LogP) is 4.44. The largest absolute Gasteiger partial charge is 0.488 e. The van der Waals surface area contributed by atoms with Crippen LogP contribution in [0.1, 0.15) is 50.8 Å². The number of nitrogens with zero attached hydrogens (tertiary/aromatic N) is 1. The van der Waals surface area contributed by atoms with Crippen molar-refractivity contribution in [3.63, 3.8) is 0 Å². The molecule has 2 aliphatic carbocycles. The van der Waals surface area contributed by atoms with E-state index in [0.29, 0.717) is 51.0 Å². The highest BCUT2D eigenvalue weighted by Crippen LogP contribution is 2.65. The molecule has 1 spiro atoms. The van der Waals surface area contributed by atoms with Gasteiger partial charge in [-0.15, -0.1) is 0 Å². The second kappa shape index (κ2) is 11.3. The second-order valence-corrected chi connectivity index (χ2v) is 15.1. The standard InChI is InChI=1S/C29H43NO5Si4/c1-27(2,25(32-36-6)33-37-7)19-11-10-17-16-21-18-12-13-20(28(3,4)26(34-38-8)35-39-9)24-29(18,14-15-30(21)5)22(17)23(19)31-24/h10-13,18,20-21,24-26H,14-16H2,1-9H3/t18-,20?,21+,24?,29-/m0/s1. The van der Waals surface area contributed by atoms with Gasteiger partial charge in [0.15, 0.2) is 0 Å². The lowest BCUT2D eigenvalue weighted by molar-refractivity contribution is -0.130. The van der Waals surface area contributed by atoms with Gasteiger partial charge in [0.1, 0.15) is 24.4 Å². The Bertz CT molecular complexity index is 1070. The topological polar surface area (TPSA) is 49.4 Å². The molecule has 0 N–H and O–H groups in total. The van der Waals surface area contributed by atoms with Crippen molar-refractivity contribution in [1.82, 2.24) is 4.90 Å². The minimum atomic E-state index is -0.363. The van der Waals surface area contributed by atoms with Gasteiger partial charge < -0.3 is 27.3 Å². The van der Waals surface area contributed by atoms with E-state index in [-0.39, 0.29) is 40.8 Å². The summed E-state index contributed by atoms with van der Waals surface area (Å²) in [5.74, 6) is 1.67. The minimum absolute atomic E-state index is 0.0289. The molecular weight excluding hydrogens is 555 g/mol. The van der Waals surface area contributed by atoms with Crippen molar-refractivity contribution in [2.45, 2.75) is 102 Å². The van der Waals surface area contributed by atoms with Gasteiger partial charge in [0.05, 0.1) is 0 Å². The van der Waals surface area contributed by atoms with E-state index in [0.717, 1.165) is 25.1 Å². The monoisotopic (exact) mass is 597 g/mol. The highest BCUT2D eigenvalue weighted by molar-refractivity contribution is 6.26. The van der Waals surface area contributed by atoms with Crippen molar-refractivity contribution in [1.29, 1.82) is 0 Å². The Morgan fingerprint density at radius 1 is 0.923 bits per heavy atom. The zero-order chi connectivity index (χ0) is 28.2. The highest BCUT2D eigenvalue weighted by atomic mass is 28.2. The molecule has 1 saturated heterocycles. The van der Waals surface area contributed by atoms with Crippen molar-refractivity contribution in [2.24, 2.45) is 17.3 Å². The molecule has 6 nitrogen and oxygen atoms in total. The summed E-state index contributed by atoms with van der Waals surface area (Å²) in [4.78, 5) is 2.58. The Morgan fingerprint density at radius 2 is 1.54 bits per heavy atom. The lowest BCUT2D eigenvalue weighted by Crippen LogP contribution is -2.65. The van der Waals surface area contributed by atoms with E-state index in [2.05, 4.69) is 90.1 Å². The Labute approximate surface area is 245 Å². The van der Waals surface area contributed by atoms with Gasteiger partial charge in [-0.05, 0) is 58.2 Å². The third-order valence-electron chi connectivity index (χ3n) is 9.85. The van der Waals surface area contributed by atoms with Crippen LogP contribution in [0.5, 0.6) is 5.75 Å². The van der Waals surface area contributed by atoms with Crippen LogP contribution in [0.2, 0.25) is 26.2 Å². The summed E-state index contributed by atoms with van der Waals surface area (Å²) in [6, 6.07) is 5.17. The van der Waals surface area contributed by atoms with Crippen LogP contribution in [0.3, 0.4) is 0 Å². The molecule has 0 saturated carbocycles. The van der Waals surface area contributed by atoms with Crippen LogP contribution in [0, 0.1) is 17.3 Å². The number of hydrogen-bond acceptors (Lipinski definition) is 6. The average Bonchev–Trinajstić information content (AvgIpc) is 3.24. The van der Waals surface area contributed by atoms with Gasteiger partial charge in [-0.25, -0.2) is 0 Å². The smallest absolute Gasteiger partial charge is 0.229 e. The van der Waals surface area contributed by atoms with Crippen LogP contribution in [-0.4, -0.2) is 82.3 Å². The molecule has 0 amide bonds. The van der Waals surface area contributed by atoms with Gasteiger partial charge in [-0.2, -0.15) is 0 Å². The summed E-state index contributed by atoms with van der Waals surface area (Å²) >= 11 is 0. The first kappa shape index (κ1) is 29.9. The summed E-state index contributed by atoms with van der Waals surface area (Å²) < 4.78 is 32.3. The second-order valence-electron chi connectivity index (χ2n) is 12.5. The van der Waals surface area contributed by atoms with Crippen LogP contribution >= 0.6 is 0 Å². The third-order valence-corrected chi connectivity index (χ3v) is 11.6. The molecule has 4 aliphatic rings. The van der Waals surface area contributed by atoms with Gasteiger partial charge in [0.2, 0.25) is 39.1 Å². The minimum Gasteiger partial charge on any atom is -0.488 e. The van der Waals surface area contributed by atoms with E-state index < -0.39 is 0 Å². The first-order valence-corrected chi connectivity index (χ1v) is 19.7. The number of likely N-dealkylation sites (tertiary alicyclic amines) is 1. The molecule has 1 fully saturated rings. The van der Waals surface area contributed by atoms with Crippen LogP contribution in [0.25, 0.3) is 0 Å². The van der Waals surface area contributed by atoms with Crippen molar-refractivity contribution in [3.8, 4) is 5.75 Å². The number of ether oxygens (including phenoxy) is 1. The molecule has 10 heteroatoms. The Hall–Kier alpha value is -0.572. The Morgan fingerprint density at radius 3 is 2.15 bits per heavy atom. The molecule has 5 rings (SSSR count). The fraction of sp³-hybridized carbons (Fsp3) is 0.724. The lowest BCUT2D eigenvalue weighted by atomic mass is 9.50. The summed E-state index contributed by atoms with van der Waals surface area (Å²) in [5, 5.41) is 0. The van der Waals surface area contributed by atoms with E-state index in [9.17, 15) is 0 Å². The number of piperidine rings is 1. The number of rotatable bonds is 12. The molecule has 39 heavy (non-hydrogen) atoms. The molecule has 0 aromatic heterocycles. The van der Waals surface area contributed by atoms with Crippen LogP contribution < -0.4 is 4.74 Å². The number of benzene rings is 1. The maximum absolute atomic E-state index is 7.36. The quantitative estimate of drug-likeness (QED) is 0.202. The summed E-state index contributed by atoms with van der Waals surface area (Å²) in [6.07, 6.45) is 6.57. The molecule has 5 atom stereocenters. The van der Waals surface area contributed by atoms with Gasteiger partial charge in [0, 0.05) is 45.2 Å². The molecule has 1 aromatic rings. The van der Waals surface area contributed by atoms with Gasteiger partial charge in [0.25, 0.3) is 0 Å². The number of hydrogen-bond donors (Lipinski definition) is 0. The molecule has 210 valence electrons. The normalized spacial score (nSPS) is 29.7. The maximum Gasteiger partial charge on any atom is 0.229 e. The Kier molecular flexibility index (Phi) is 8.63. The summed E-state index contributed by atoms with van der Waals surface area (Å²) in [6.45, 7) is 18.5. The molecule has 8 radical (unpaired) electrons. The van der Waals surface area contributed by atoms with E-state index in [1.807, 2.05) is 0 Å². The van der Waals surface area contributed by atoms with E-state index in [1.165, 1.54) is 16.7 Å². The third kappa shape index (κ3) is 4.57. The molecule has 2 bridgehead atoms. The molecule has 2 heterocycles. The highest BCUT2D eigenvalue weighted by Gasteiger charge is 2.66. The zero-order valence-corrected chi connectivity index (χ0v) is 28.9. The SMILES string of the molecule is C[Si]OC(O[Si]C)C(C)(C)c1ccc2c3c1OC1C(C(C)(C)C(O[Si]C)O[Si]C)C=C[C@H]4[C@@H](C2)N(C)CC[C@]314. The average molecular weight is 598 g/mol. The van der Waals surface area contributed by atoms with Crippen molar-refractivity contribution >= 4 is 39.1 Å². The van der Waals surface area contributed by atoms with Gasteiger partial charge in [-0.1, -0.05) is 52.0 Å². The predicted molar refractivity (Wildman–Crippen MR) is 159 cm³/mol. The van der Waals surface area contributed by atoms with E-state index >= 15 is 0 Å². The summed E-state index contributed by atoms with van der Waals surface area (Å²) in [5.41, 5.74) is 3.44. The lowest BCUT2D eigenvalue weighted by Gasteiger charge is -2.59. The number of likely N-dealkylation sites (N-methyl/N-ethyl adjacent to an activating group) is 1. The first-order chi connectivity index (χ1) is 18.6. The van der Waals surface area contributed by atoms with E-state index in [1.54, 1.807) is 0 Å². The van der Waals surface area contributed by atoms with Crippen molar-refractivity contribution in [2.75, 3.05) is 13.6 Å².